The molecule has 7 aromatic rings. The molecule has 2 heterocycles. The molecule has 10 heteroatoms. The third-order valence-corrected chi connectivity index (χ3v) is 13.9. The number of unbranched alkanes of at least 4 members (excludes halogenated alkanes) is 5. The maximum Gasteiger partial charge on any atom is 2.00 e. The van der Waals surface area contributed by atoms with Gasteiger partial charge in [-0.3, -0.25) is 35.9 Å². The van der Waals surface area contributed by atoms with Crippen LogP contribution in [0.5, 0.6) is 11.5 Å². The van der Waals surface area contributed by atoms with E-state index in [1.807, 2.05) is 36.4 Å². The maximum absolute atomic E-state index is 13.8. The Morgan fingerprint density at radius 2 is 0.838 bits per heavy atom. The van der Waals surface area contributed by atoms with Crippen LogP contribution in [-0.2, 0) is 21.1 Å². The van der Waals surface area contributed by atoms with Gasteiger partial charge < -0.3 is 27.2 Å². The number of carbonyl (C=O) groups is 4. The molecule has 2 aliphatic rings. The van der Waals surface area contributed by atoms with E-state index in [4.69, 9.17) is 22.3 Å². The molecule has 0 bridgehead atoms. The summed E-state index contributed by atoms with van der Waals surface area (Å²) in [6.45, 7) is 14.6. The van der Waals surface area contributed by atoms with Gasteiger partial charge in [0.1, 0.15) is 11.5 Å². The van der Waals surface area contributed by atoms with Crippen molar-refractivity contribution in [2.75, 3.05) is 30.6 Å². The molecule has 0 spiro atoms. The molecule has 0 saturated heterocycles. The second kappa shape index (κ2) is 23.0. The van der Waals surface area contributed by atoms with Crippen LogP contribution in [0, 0.1) is 66.2 Å². The maximum atomic E-state index is 13.8. The number of hydrogen-bond donors (Lipinski definition) is 0. The van der Waals surface area contributed by atoms with Gasteiger partial charge in [0.05, 0.1) is 19.9 Å². The average molecular weight is 1160 g/mol. The van der Waals surface area contributed by atoms with Crippen molar-refractivity contribution in [3.05, 3.63) is 189 Å². The summed E-state index contributed by atoms with van der Waals surface area (Å²) in [7, 11) is 3.36. The summed E-state index contributed by atoms with van der Waals surface area (Å²) in [6, 6.07) is 34.6. The summed E-state index contributed by atoms with van der Waals surface area (Å²) in [5, 5.41) is 0.754. The van der Waals surface area contributed by atoms with Gasteiger partial charge in [-0.2, -0.15) is 0 Å². The van der Waals surface area contributed by atoms with Crippen LogP contribution in [0.1, 0.15) is 131 Å². The fourth-order valence-electron chi connectivity index (χ4n) is 10.6. The molecule has 0 radical (unpaired) electrons. The summed E-state index contributed by atoms with van der Waals surface area (Å²) < 4.78 is 10.8. The number of carbonyl (C=O) groups excluding carboxylic acids is 4. The molecule has 0 N–H and O–H groups in total. The second-order valence-corrected chi connectivity index (χ2v) is 18.9. The summed E-state index contributed by atoms with van der Waals surface area (Å²) in [6.07, 6.45) is 21.2. The van der Waals surface area contributed by atoms with Gasteiger partial charge in [-0.25, -0.2) is 4.90 Å². The summed E-state index contributed by atoms with van der Waals surface area (Å²) >= 11 is 0. The fourth-order valence-corrected chi connectivity index (χ4v) is 10.6. The van der Waals surface area contributed by atoms with Crippen molar-refractivity contribution < 1.29 is 49.7 Å². The number of hydrogen-bond acceptors (Lipinski definition) is 7. The van der Waals surface area contributed by atoms with E-state index in [2.05, 4.69) is 87.8 Å². The van der Waals surface area contributed by atoms with Gasteiger partial charge in [-0.15, -0.1) is 35.4 Å². The number of amides is 4. The molecule has 0 unspecified atom stereocenters. The third kappa shape index (κ3) is 10.3. The van der Waals surface area contributed by atoms with Gasteiger partial charge in [-0.05, 0) is 166 Å². The molecule has 0 aliphatic carbocycles. The molecule has 0 fully saturated rings. The van der Waals surface area contributed by atoms with Crippen molar-refractivity contribution in [1.82, 2.24) is 4.90 Å². The van der Waals surface area contributed by atoms with Crippen LogP contribution in [-0.4, -0.2) is 49.3 Å². The number of anilines is 4. The minimum absolute atomic E-state index is 0. The fraction of sp³-hybridized carbons (Fsp3) is 0.250. The second-order valence-electron chi connectivity index (χ2n) is 18.9. The first kappa shape index (κ1) is 54.1. The zero-order valence-electron chi connectivity index (χ0n) is 43.4. The van der Waals surface area contributed by atoms with Gasteiger partial charge in [-0.1, -0.05) is 50.2 Å². The van der Waals surface area contributed by atoms with E-state index in [1.54, 1.807) is 64.5 Å². The Balaban J connectivity index is 0.000000214. The van der Waals surface area contributed by atoms with E-state index < -0.39 is 11.8 Å². The predicted octanol–water partition coefficient (Wildman–Crippen LogP) is 14.2. The Bertz CT molecular complexity index is 3250. The first-order valence-corrected chi connectivity index (χ1v) is 24.8. The molecule has 9 rings (SSSR count). The number of aryl methyl sites for hydroxylation is 6. The van der Waals surface area contributed by atoms with E-state index in [-0.39, 0.29) is 44.0 Å². The zero-order valence-corrected chi connectivity index (χ0v) is 45.7. The molecule has 0 aromatic heterocycles. The van der Waals surface area contributed by atoms with E-state index in [1.165, 1.54) is 33.6 Å². The van der Waals surface area contributed by atoms with Gasteiger partial charge in [0.25, 0.3) is 23.6 Å². The van der Waals surface area contributed by atoms with Crippen LogP contribution >= 0.6 is 0 Å². The molecule has 4 amide bonds. The molecule has 0 atom stereocenters. The van der Waals surface area contributed by atoms with Crippen LogP contribution in [0.4, 0.5) is 22.7 Å². The Kier molecular flexibility index (Phi) is 16.8. The smallest absolute Gasteiger partial charge is 0.497 e. The minimum atomic E-state index is -0.501. The van der Waals surface area contributed by atoms with E-state index in [0.717, 1.165) is 82.3 Å². The Hall–Kier alpha value is -7.71. The monoisotopic (exact) mass is 1160 g/mol. The number of benzene rings is 7. The normalized spacial score (nSPS) is 12.4. The number of imide groups is 2. The van der Waals surface area contributed by atoms with Crippen LogP contribution in [0.15, 0.2) is 109 Å². The number of methoxy groups -OCH3 is 2. The molecule has 74 heavy (non-hydrogen) atoms. The SMILES string of the molecule is [C-]#Cc1cc(C)c(-c2c(C)cc(N(c3ccc(OC)cc3)c3ccc(OC)cc3)cc2C)c(C)c1.[C-]#Cc1cc(C)c(N2C(=O)c3ccc4c5c(ccc(c35)C2=O)C(=O)N(CCCCCCCC)C4=O)c(C)c1.[Pt+2]. The summed E-state index contributed by atoms with van der Waals surface area (Å²) in [5.74, 6) is 4.74. The Morgan fingerprint density at radius 3 is 1.23 bits per heavy atom. The van der Waals surface area contributed by atoms with Crippen LogP contribution < -0.4 is 19.3 Å². The van der Waals surface area contributed by atoms with Crippen molar-refractivity contribution in [3.63, 3.8) is 0 Å². The average Bonchev–Trinajstić information content (AvgIpc) is 3.38. The molecule has 7 aromatic carbocycles. The van der Waals surface area contributed by atoms with Crippen molar-refractivity contribution in [3.8, 4) is 34.5 Å². The molecule has 9 nitrogen and oxygen atoms in total. The van der Waals surface area contributed by atoms with Crippen LogP contribution in [0.2, 0.25) is 0 Å². The standard InChI is InChI=1S/C32H29N2O4.C32H30NO2.Pt/c1-5-7-8-9-10-11-16-33-29(35)22-12-14-24-27-25(15-13-23(26(22)27)30(33)36)32(38)34(31(24)37)28-19(3)17-21(6-2)18-20(28)4;1-8-25-17-21(2)31(22(3)18-25)32-23(4)19-28(20-24(32)5)33(26-9-13-29(34-6)14-10-26)27-11-15-30(35-7)16-12-27;/h12-15,17-18H,5,7-11,16H2,1,3-4H3;9-20H,2-7H3;/q2*-1;+2. The first-order chi connectivity index (χ1) is 35.1. The number of nitrogens with zero attached hydrogens (tertiary/aromatic N) is 3. The van der Waals surface area contributed by atoms with E-state index in [0.29, 0.717) is 50.8 Å². The molecule has 2 aliphatic heterocycles. The third-order valence-electron chi connectivity index (χ3n) is 13.9. The number of ether oxygens (including phenoxy) is 2. The Labute approximate surface area is 450 Å². The van der Waals surface area contributed by atoms with Gasteiger partial charge in [0.15, 0.2) is 0 Å². The van der Waals surface area contributed by atoms with Gasteiger partial charge >= 0.3 is 21.1 Å². The van der Waals surface area contributed by atoms with Crippen molar-refractivity contribution in [2.45, 2.75) is 87.0 Å². The molecule has 376 valence electrons. The predicted molar refractivity (Wildman–Crippen MR) is 291 cm³/mol. The quantitative estimate of drug-likeness (QED) is 0.0463. The summed E-state index contributed by atoms with van der Waals surface area (Å²) in [4.78, 5) is 59.0. The summed E-state index contributed by atoms with van der Waals surface area (Å²) in [5.41, 5.74) is 14.8. The van der Waals surface area contributed by atoms with Crippen molar-refractivity contribution >= 4 is 57.2 Å². The largest absolute Gasteiger partial charge is 2.00 e. The van der Waals surface area contributed by atoms with Gasteiger partial charge in [0.2, 0.25) is 0 Å². The van der Waals surface area contributed by atoms with Crippen molar-refractivity contribution in [2.24, 2.45) is 0 Å². The Morgan fingerprint density at radius 1 is 0.473 bits per heavy atom. The molecule has 0 saturated carbocycles. The topological polar surface area (TPSA) is 96.5 Å². The van der Waals surface area contributed by atoms with E-state index in [9.17, 15) is 19.2 Å². The van der Waals surface area contributed by atoms with Crippen molar-refractivity contribution in [1.29, 1.82) is 0 Å². The molecular weight excluding hydrogens is 1100 g/mol. The van der Waals surface area contributed by atoms with E-state index >= 15 is 0 Å². The number of rotatable bonds is 14. The molecular formula is C64H59N3O6Pt. The van der Waals surface area contributed by atoms with Gasteiger partial charge in [0, 0.05) is 56.6 Å². The van der Waals surface area contributed by atoms with Crippen LogP contribution in [0.3, 0.4) is 0 Å². The zero-order chi connectivity index (χ0) is 52.2. The first-order valence-electron chi connectivity index (χ1n) is 24.8. The minimum Gasteiger partial charge on any atom is -0.497 e. The van der Waals surface area contributed by atoms with Crippen LogP contribution in [0.25, 0.3) is 21.9 Å².